The van der Waals surface area contributed by atoms with Crippen LogP contribution in [0.4, 0.5) is 18.9 Å². The van der Waals surface area contributed by atoms with Gasteiger partial charge in [-0.25, -0.2) is 4.79 Å². The van der Waals surface area contributed by atoms with E-state index < -0.39 is 18.1 Å². The van der Waals surface area contributed by atoms with Gasteiger partial charge < -0.3 is 14.6 Å². The molecular formula is C9H8F3NO3S. The Morgan fingerprint density at radius 2 is 2.12 bits per heavy atom. The fourth-order valence-electron chi connectivity index (χ4n) is 1.06. The molecule has 0 saturated carbocycles. The van der Waals surface area contributed by atoms with E-state index in [-0.39, 0.29) is 11.3 Å². The highest BCUT2D eigenvalue weighted by Gasteiger charge is 2.32. The molecule has 1 aromatic carbocycles. The third kappa shape index (κ3) is 4.06. The number of nitrogens with one attached hydrogen (secondary N) is 1. The maximum absolute atomic E-state index is 12.1. The van der Waals surface area contributed by atoms with Crippen LogP contribution in [0.25, 0.3) is 0 Å². The Hall–Kier alpha value is -1.57. The fraction of sp³-hybridized carbons (Fsp3) is 0.222. The summed E-state index contributed by atoms with van der Waals surface area (Å²) in [7, 11) is 0. The summed E-state index contributed by atoms with van der Waals surface area (Å²) in [4.78, 5) is 10.6. The molecule has 0 heterocycles. The van der Waals surface area contributed by atoms with Gasteiger partial charge in [0, 0.05) is 6.26 Å². The van der Waals surface area contributed by atoms with Crippen LogP contribution < -0.4 is 9.46 Å². The van der Waals surface area contributed by atoms with E-state index in [0.29, 0.717) is 0 Å². The second-order valence-corrected chi connectivity index (χ2v) is 3.48. The van der Waals surface area contributed by atoms with Crippen molar-refractivity contribution < 1.29 is 27.8 Å². The first-order valence-corrected chi connectivity index (χ1v) is 5.48. The largest absolute Gasteiger partial charge is 0.573 e. The molecule has 0 amide bonds. The molecule has 0 aliphatic rings. The van der Waals surface area contributed by atoms with Crippen molar-refractivity contribution in [3.05, 3.63) is 23.8 Å². The standard InChI is InChI=1S/C9H8F3NO3S/c1-17-13-6-3-2-5(8(14)15)4-7(6)16-9(10,11)12/h2-4,13H,1H3,(H,14,15). The van der Waals surface area contributed by atoms with Crippen LogP contribution in [0, 0.1) is 0 Å². The number of halogens is 3. The van der Waals surface area contributed by atoms with Gasteiger partial charge in [0.15, 0.2) is 5.75 Å². The summed E-state index contributed by atoms with van der Waals surface area (Å²) in [5.74, 6) is -1.90. The Kier molecular flexibility index (Phi) is 4.11. The molecule has 2 N–H and O–H groups in total. The number of aromatic carboxylic acids is 1. The van der Waals surface area contributed by atoms with Crippen LogP contribution in [0.2, 0.25) is 0 Å². The molecule has 0 spiro atoms. The highest BCUT2D eigenvalue weighted by molar-refractivity contribution is 7.99. The lowest BCUT2D eigenvalue weighted by Crippen LogP contribution is -2.18. The second-order valence-electron chi connectivity index (χ2n) is 2.87. The molecule has 0 bridgehead atoms. The molecular weight excluding hydrogens is 259 g/mol. The molecule has 0 aliphatic carbocycles. The first kappa shape index (κ1) is 13.5. The van der Waals surface area contributed by atoms with Gasteiger partial charge in [-0.2, -0.15) is 0 Å². The van der Waals surface area contributed by atoms with E-state index in [9.17, 15) is 18.0 Å². The molecule has 0 unspecified atom stereocenters. The number of ether oxygens (including phenoxy) is 1. The molecule has 1 aromatic rings. The van der Waals surface area contributed by atoms with Crippen molar-refractivity contribution in [1.82, 2.24) is 0 Å². The zero-order valence-corrected chi connectivity index (χ0v) is 9.35. The van der Waals surface area contributed by atoms with Crippen LogP contribution in [-0.4, -0.2) is 23.7 Å². The van der Waals surface area contributed by atoms with E-state index in [1.165, 1.54) is 12.1 Å². The molecule has 17 heavy (non-hydrogen) atoms. The zero-order chi connectivity index (χ0) is 13.1. The SMILES string of the molecule is CSNc1ccc(C(=O)O)cc1OC(F)(F)F. The Labute approximate surface area is 98.9 Å². The Morgan fingerprint density at radius 3 is 2.59 bits per heavy atom. The predicted molar refractivity (Wildman–Crippen MR) is 57.2 cm³/mol. The summed E-state index contributed by atoms with van der Waals surface area (Å²) in [6, 6.07) is 3.21. The van der Waals surface area contributed by atoms with E-state index in [1.54, 1.807) is 6.26 Å². The Morgan fingerprint density at radius 1 is 1.47 bits per heavy atom. The molecule has 8 heteroatoms. The first-order valence-electron chi connectivity index (χ1n) is 4.25. The highest BCUT2D eigenvalue weighted by Crippen LogP contribution is 2.32. The number of carboxylic acids is 1. The van der Waals surface area contributed by atoms with Crippen LogP contribution in [0.5, 0.6) is 5.75 Å². The number of carboxylic acid groups (broad SMARTS) is 1. The number of alkyl halides is 3. The van der Waals surface area contributed by atoms with E-state index in [1.807, 2.05) is 0 Å². The predicted octanol–water partition coefficient (Wildman–Crippen LogP) is 2.97. The van der Waals surface area contributed by atoms with Gasteiger partial charge >= 0.3 is 12.3 Å². The summed E-state index contributed by atoms with van der Waals surface area (Å²) in [5.41, 5.74) is -0.226. The van der Waals surface area contributed by atoms with E-state index in [2.05, 4.69) is 9.46 Å². The number of benzene rings is 1. The van der Waals surface area contributed by atoms with Gasteiger partial charge in [0.25, 0.3) is 0 Å². The summed E-state index contributed by atoms with van der Waals surface area (Å²) in [6.07, 6.45) is -3.26. The lowest BCUT2D eigenvalue weighted by molar-refractivity contribution is -0.274. The van der Waals surface area contributed by atoms with Crippen molar-refractivity contribution in [2.24, 2.45) is 0 Å². The molecule has 0 fully saturated rings. The van der Waals surface area contributed by atoms with E-state index >= 15 is 0 Å². The maximum atomic E-state index is 12.1. The van der Waals surface area contributed by atoms with E-state index in [0.717, 1.165) is 18.0 Å². The van der Waals surface area contributed by atoms with Gasteiger partial charge in [-0.05, 0) is 18.2 Å². The van der Waals surface area contributed by atoms with Crippen molar-refractivity contribution >= 4 is 23.6 Å². The first-order chi connectivity index (χ1) is 7.83. The van der Waals surface area contributed by atoms with Crippen LogP contribution in [-0.2, 0) is 0 Å². The minimum Gasteiger partial charge on any atom is -0.478 e. The minimum absolute atomic E-state index is 0.0554. The number of rotatable bonds is 4. The summed E-state index contributed by atoms with van der Waals surface area (Å²) >= 11 is 1.06. The molecule has 4 nitrogen and oxygen atoms in total. The normalized spacial score (nSPS) is 11.1. The average molecular weight is 267 g/mol. The average Bonchev–Trinajstić information content (AvgIpc) is 2.18. The summed E-state index contributed by atoms with van der Waals surface area (Å²) < 4.78 is 42.6. The molecule has 0 atom stereocenters. The summed E-state index contributed by atoms with van der Waals surface area (Å²) in [5, 5.41) is 8.67. The maximum Gasteiger partial charge on any atom is 0.573 e. The molecule has 0 aliphatic heterocycles. The van der Waals surface area contributed by atoms with Crippen molar-refractivity contribution in [2.45, 2.75) is 6.36 Å². The number of carbonyl (C=O) groups is 1. The van der Waals surface area contributed by atoms with Crippen LogP contribution in [0.15, 0.2) is 18.2 Å². The molecule has 0 saturated heterocycles. The van der Waals surface area contributed by atoms with Gasteiger partial charge in [0.2, 0.25) is 0 Å². The number of hydrogen-bond donors (Lipinski definition) is 2. The van der Waals surface area contributed by atoms with Crippen molar-refractivity contribution in [3.8, 4) is 5.75 Å². The lowest BCUT2D eigenvalue weighted by atomic mass is 10.2. The quantitative estimate of drug-likeness (QED) is 0.821. The molecule has 1 rings (SSSR count). The van der Waals surface area contributed by atoms with Crippen LogP contribution in [0.3, 0.4) is 0 Å². The number of hydrogen-bond acceptors (Lipinski definition) is 4. The monoisotopic (exact) mass is 267 g/mol. The third-order valence-electron chi connectivity index (χ3n) is 1.67. The van der Waals surface area contributed by atoms with Gasteiger partial charge in [0.1, 0.15) is 0 Å². The number of anilines is 1. The van der Waals surface area contributed by atoms with Crippen LogP contribution in [0.1, 0.15) is 10.4 Å². The third-order valence-corrected chi connectivity index (χ3v) is 2.09. The highest BCUT2D eigenvalue weighted by atomic mass is 32.2. The van der Waals surface area contributed by atoms with Gasteiger partial charge in [-0.1, -0.05) is 11.9 Å². The zero-order valence-electron chi connectivity index (χ0n) is 8.54. The van der Waals surface area contributed by atoms with Crippen molar-refractivity contribution in [1.29, 1.82) is 0 Å². The van der Waals surface area contributed by atoms with Gasteiger partial charge in [0.05, 0.1) is 11.3 Å². The Balaban J connectivity index is 3.11. The lowest BCUT2D eigenvalue weighted by Gasteiger charge is -2.13. The van der Waals surface area contributed by atoms with Crippen molar-refractivity contribution in [2.75, 3.05) is 11.0 Å². The minimum atomic E-state index is -4.87. The van der Waals surface area contributed by atoms with Gasteiger partial charge in [-0.15, -0.1) is 13.2 Å². The summed E-state index contributed by atoms with van der Waals surface area (Å²) in [6.45, 7) is 0. The topological polar surface area (TPSA) is 58.6 Å². The smallest absolute Gasteiger partial charge is 0.478 e. The fourth-order valence-corrected chi connectivity index (χ4v) is 1.45. The van der Waals surface area contributed by atoms with Gasteiger partial charge in [-0.3, -0.25) is 0 Å². The molecule has 94 valence electrons. The molecule has 0 radical (unpaired) electrons. The molecule has 0 aromatic heterocycles. The van der Waals surface area contributed by atoms with E-state index in [4.69, 9.17) is 5.11 Å². The Bertz CT molecular complexity index is 422. The van der Waals surface area contributed by atoms with Crippen LogP contribution >= 0.6 is 11.9 Å². The second kappa shape index (κ2) is 5.17. The van der Waals surface area contributed by atoms with Crippen molar-refractivity contribution in [3.63, 3.8) is 0 Å².